The molecule has 0 aromatic heterocycles. The van der Waals surface area contributed by atoms with Crippen molar-refractivity contribution in [3.05, 3.63) is 4.91 Å². The van der Waals surface area contributed by atoms with Gasteiger partial charge in [0.15, 0.2) is 0 Å². The minimum Gasteiger partial charge on any atom is -0.481 e. The zero-order valence-corrected chi connectivity index (χ0v) is 25.7. The van der Waals surface area contributed by atoms with E-state index in [0.717, 1.165) is 32.7 Å². The number of rotatable bonds is 5. The topological polar surface area (TPSA) is 157 Å². The summed E-state index contributed by atoms with van der Waals surface area (Å²) in [5.74, 6) is -1.24. The van der Waals surface area contributed by atoms with Crippen molar-refractivity contribution in [2.24, 2.45) is 23.0 Å². The van der Waals surface area contributed by atoms with Gasteiger partial charge in [0.1, 0.15) is 0 Å². The summed E-state index contributed by atoms with van der Waals surface area (Å²) in [6, 6.07) is -0.771. The van der Waals surface area contributed by atoms with Crippen molar-refractivity contribution in [1.29, 1.82) is 0 Å². The van der Waals surface area contributed by atoms with Gasteiger partial charge in [-0.15, -0.1) is 17.3 Å². The van der Waals surface area contributed by atoms with Gasteiger partial charge in [-0.3, -0.25) is 25.2 Å². The zero-order chi connectivity index (χ0) is 27.8. The average Bonchev–Trinajstić information content (AvgIpc) is 2.76. The Bertz CT molecular complexity index is 814. The molecule has 4 fully saturated rings. The molecule has 0 aromatic rings. The van der Waals surface area contributed by atoms with E-state index >= 15 is 0 Å². The van der Waals surface area contributed by atoms with Crippen LogP contribution in [0.2, 0.25) is 0 Å². The first kappa shape index (κ1) is 37.4. The first-order valence-corrected chi connectivity index (χ1v) is 12.3. The SMILES string of the molecule is CC(=O)O.Cl.NN1CCC[C@H](C(=O)NC2CC(F)(F)C2)C1.O=NN1CCC[C@H](C(=O)NC2CC(F)(F)C2)C1.[Zn]. The van der Waals surface area contributed by atoms with Gasteiger partial charge in [0.25, 0.3) is 17.8 Å². The van der Waals surface area contributed by atoms with Crippen molar-refractivity contribution >= 4 is 30.2 Å². The standard InChI is InChI=1S/C10H15F2N3O2.C10H17F2N3O.C2H4O2.ClH.Zn/c11-10(12)4-8(5-10)13-9(16)7-2-1-3-15(6-7)14-17;11-10(12)4-8(5-10)14-9(16)7-2-1-3-15(13)6-7;1-2(3)4;;/h7-8H,1-6H2,(H,13,16);7-8H,1-6,13H2,(H,14,16);1H3,(H,3,4);1H;/t2*7-;;;/m00.../s1. The molecule has 222 valence electrons. The number of nitrogens with zero attached hydrogens (tertiary/aromatic N) is 3. The third-order valence-electron chi connectivity index (χ3n) is 6.58. The molecule has 0 unspecified atom stereocenters. The van der Waals surface area contributed by atoms with E-state index in [1.807, 2.05) is 0 Å². The van der Waals surface area contributed by atoms with Crippen molar-refractivity contribution < 1.29 is 56.5 Å². The number of hydrogen-bond acceptors (Lipinski definition) is 7. The summed E-state index contributed by atoms with van der Waals surface area (Å²) in [4.78, 5) is 42.8. The van der Waals surface area contributed by atoms with E-state index in [0.29, 0.717) is 26.1 Å². The first-order chi connectivity index (χ1) is 17.2. The predicted molar refractivity (Wildman–Crippen MR) is 131 cm³/mol. The second kappa shape index (κ2) is 16.6. The fourth-order valence-electron chi connectivity index (χ4n) is 4.63. The number of carbonyl (C=O) groups is 3. The van der Waals surface area contributed by atoms with Crippen LogP contribution in [-0.2, 0) is 33.9 Å². The second-order valence-electron chi connectivity index (χ2n) is 10.1. The van der Waals surface area contributed by atoms with Crippen LogP contribution in [0.15, 0.2) is 5.29 Å². The van der Waals surface area contributed by atoms with Crippen LogP contribution < -0.4 is 16.5 Å². The molecule has 2 atom stereocenters. The van der Waals surface area contributed by atoms with Crippen molar-refractivity contribution in [3.8, 4) is 0 Å². The molecule has 4 rings (SSSR count). The molecule has 11 nitrogen and oxygen atoms in total. The van der Waals surface area contributed by atoms with E-state index in [2.05, 4.69) is 15.9 Å². The number of carboxylic acids is 1. The maximum absolute atomic E-state index is 12.6. The number of halogens is 5. The summed E-state index contributed by atoms with van der Waals surface area (Å²) < 4.78 is 50.3. The molecule has 2 amide bonds. The second-order valence-corrected chi connectivity index (χ2v) is 10.1. The summed E-state index contributed by atoms with van der Waals surface area (Å²) in [6.07, 6.45) is 2.08. The Labute approximate surface area is 243 Å². The maximum Gasteiger partial charge on any atom is 0.300 e. The molecule has 0 radical (unpaired) electrons. The van der Waals surface area contributed by atoms with E-state index in [1.165, 1.54) is 5.01 Å². The quantitative estimate of drug-likeness (QED) is 0.154. The summed E-state index contributed by atoms with van der Waals surface area (Å²) >= 11 is 0. The third-order valence-corrected chi connectivity index (χ3v) is 6.58. The van der Waals surface area contributed by atoms with Gasteiger partial charge < -0.3 is 15.7 Å². The Morgan fingerprint density at radius 1 is 0.872 bits per heavy atom. The summed E-state index contributed by atoms with van der Waals surface area (Å²) in [6.45, 7) is 3.26. The Hall–Kier alpha value is -1.64. The Balaban J connectivity index is 0.000000624. The molecule has 2 heterocycles. The first-order valence-electron chi connectivity index (χ1n) is 12.3. The zero-order valence-electron chi connectivity index (χ0n) is 21.9. The number of nitroso groups, excluding NO2 is 1. The summed E-state index contributed by atoms with van der Waals surface area (Å²) in [5.41, 5.74) is 0. The number of amides is 2. The molecule has 39 heavy (non-hydrogen) atoms. The van der Waals surface area contributed by atoms with Gasteiger partial charge in [0.2, 0.25) is 11.8 Å². The average molecular weight is 642 g/mol. The van der Waals surface area contributed by atoms with E-state index in [-0.39, 0.29) is 87.3 Å². The number of carboxylic acid groups (broad SMARTS) is 1. The van der Waals surface area contributed by atoms with Gasteiger partial charge in [0.05, 0.1) is 23.7 Å². The van der Waals surface area contributed by atoms with Gasteiger partial charge in [-0.2, -0.15) is 0 Å². The van der Waals surface area contributed by atoms with Gasteiger partial charge in [-0.25, -0.2) is 22.6 Å². The number of piperidine rings is 2. The summed E-state index contributed by atoms with van der Waals surface area (Å²) in [7, 11) is 0. The van der Waals surface area contributed by atoms with Crippen LogP contribution in [0, 0.1) is 16.7 Å². The van der Waals surface area contributed by atoms with E-state index < -0.39 is 23.9 Å². The van der Waals surface area contributed by atoms with Crippen molar-refractivity contribution in [2.75, 3.05) is 26.2 Å². The van der Waals surface area contributed by atoms with E-state index in [1.54, 1.807) is 5.01 Å². The number of carbonyl (C=O) groups excluding carboxylic acids is 2. The van der Waals surface area contributed by atoms with Gasteiger partial charge in [0, 0.05) is 83.8 Å². The minimum absolute atomic E-state index is 0. The monoisotopic (exact) mass is 640 g/mol. The van der Waals surface area contributed by atoms with Crippen LogP contribution in [0.3, 0.4) is 0 Å². The van der Waals surface area contributed by atoms with Crippen LogP contribution in [0.4, 0.5) is 17.6 Å². The van der Waals surface area contributed by atoms with Crippen molar-refractivity contribution in [3.63, 3.8) is 0 Å². The third kappa shape index (κ3) is 13.5. The molecule has 0 bridgehead atoms. The maximum atomic E-state index is 12.6. The van der Waals surface area contributed by atoms with Crippen LogP contribution >= 0.6 is 12.4 Å². The van der Waals surface area contributed by atoms with Gasteiger partial charge >= 0.3 is 0 Å². The molecule has 2 aliphatic heterocycles. The summed E-state index contributed by atoms with van der Waals surface area (Å²) in [5, 5.41) is 18.4. The van der Waals surface area contributed by atoms with Crippen molar-refractivity contribution in [1.82, 2.24) is 20.7 Å². The van der Waals surface area contributed by atoms with E-state index in [4.69, 9.17) is 15.7 Å². The number of nitrogens with two attached hydrogens (primary N) is 1. The van der Waals surface area contributed by atoms with Crippen LogP contribution in [0.25, 0.3) is 0 Å². The van der Waals surface area contributed by atoms with Gasteiger partial charge in [-0.05, 0) is 25.7 Å². The normalized spacial score (nSPS) is 25.6. The van der Waals surface area contributed by atoms with Gasteiger partial charge in [-0.1, -0.05) is 0 Å². The van der Waals surface area contributed by atoms with Crippen LogP contribution in [0.1, 0.15) is 58.3 Å². The minimum atomic E-state index is -2.62. The molecule has 2 aliphatic carbocycles. The number of alkyl halides is 4. The molecular formula is C22H37ClF4N6O5Zn. The fourth-order valence-corrected chi connectivity index (χ4v) is 4.63. The number of nitrogens with one attached hydrogen (secondary N) is 2. The smallest absolute Gasteiger partial charge is 0.300 e. The number of hydrogen-bond donors (Lipinski definition) is 4. The molecule has 0 aromatic carbocycles. The molecule has 2 saturated carbocycles. The Kier molecular flexibility index (Phi) is 15.9. The van der Waals surface area contributed by atoms with E-state index in [9.17, 15) is 32.1 Å². The predicted octanol–water partition coefficient (Wildman–Crippen LogP) is 2.29. The molecule has 4 aliphatic rings. The van der Waals surface area contributed by atoms with Crippen LogP contribution in [0.5, 0.6) is 0 Å². The molecule has 2 saturated heterocycles. The number of aliphatic carboxylic acids is 1. The fraction of sp³-hybridized carbons (Fsp3) is 0.864. The van der Waals surface area contributed by atoms with Crippen molar-refractivity contribution in [2.45, 2.75) is 82.2 Å². The molecule has 17 heteroatoms. The molecular weight excluding hydrogens is 605 g/mol. The Morgan fingerprint density at radius 2 is 1.26 bits per heavy atom. The van der Waals surface area contributed by atoms with Crippen LogP contribution in [-0.4, -0.2) is 83.0 Å². The molecule has 5 N–H and O–H groups in total. The molecule has 0 spiro atoms. The Morgan fingerprint density at radius 3 is 1.62 bits per heavy atom. The number of hydrazine groups is 1. The largest absolute Gasteiger partial charge is 0.481 e.